The van der Waals surface area contributed by atoms with E-state index in [2.05, 4.69) is 15.7 Å². The van der Waals surface area contributed by atoms with Crippen molar-refractivity contribution in [1.82, 2.24) is 9.78 Å². The van der Waals surface area contributed by atoms with Gasteiger partial charge in [0, 0.05) is 24.4 Å². The fraction of sp³-hybridized carbons (Fsp3) is 0.292. The highest BCUT2D eigenvalue weighted by molar-refractivity contribution is 6.04. The topological polar surface area (TPSA) is 113 Å². The minimum Gasteiger partial charge on any atom is -0.497 e. The molecule has 2 amide bonds. The number of fused-ring (bicyclic) bond motifs is 2. The first-order valence-corrected chi connectivity index (χ1v) is 10.8. The largest absolute Gasteiger partial charge is 0.497 e. The number of nitrogens with one attached hydrogen (secondary N) is 2. The zero-order chi connectivity index (χ0) is 23.7. The first-order valence-electron chi connectivity index (χ1n) is 10.8. The minimum atomic E-state index is -0.783. The first-order chi connectivity index (χ1) is 16.6. The summed E-state index contributed by atoms with van der Waals surface area (Å²) >= 11 is 0. The van der Waals surface area contributed by atoms with Gasteiger partial charge in [0.1, 0.15) is 30.8 Å². The lowest BCUT2D eigenvalue weighted by atomic mass is 10.1. The van der Waals surface area contributed by atoms with Crippen LogP contribution in [0.2, 0.25) is 0 Å². The van der Waals surface area contributed by atoms with Crippen LogP contribution in [0.25, 0.3) is 11.1 Å². The highest BCUT2D eigenvalue weighted by atomic mass is 16.6. The van der Waals surface area contributed by atoms with Crippen molar-refractivity contribution in [2.24, 2.45) is 0 Å². The number of benzene rings is 2. The van der Waals surface area contributed by atoms with Crippen LogP contribution >= 0.6 is 0 Å². The summed E-state index contributed by atoms with van der Waals surface area (Å²) in [7, 11) is 3.18. The Morgan fingerprint density at radius 2 is 1.91 bits per heavy atom. The fourth-order valence-electron chi connectivity index (χ4n) is 4.12. The maximum absolute atomic E-state index is 12.8. The third-order valence-corrected chi connectivity index (χ3v) is 5.69. The van der Waals surface area contributed by atoms with E-state index < -0.39 is 6.04 Å². The summed E-state index contributed by atoms with van der Waals surface area (Å²) in [5.74, 6) is 1.86. The molecule has 2 aliphatic rings. The summed E-state index contributed by atoms with van der Waals surface area (Å²) in [6.07, 6.45) is -0.0799. The number of hydrogen-bond acceptors (Lipinski definition) is 7. The van der Waals surface area contributed by atoms with Gasteiger partial charge in [-0.1, -0.05) is 12.1 Å². The van der Waals surface area contributed by atoms with Gasteiger partial charge in [0.2, 0.25) is 5.91 Å². The van der Waals surface area contributed by atoms with Gasteiger partial charge in [0.15, 0.2) is 11.5 Å². The molecule has 10 heteroatoms. The van der Waals surface area contributed by atoms with Crippen LogP contribution in [0.1, 0.15) is 18.2 Å². The molecule has 2 aromatic carbocycles. The van der Waals surface area contributed by atoms with E-state index in [1.807, 2.05) is 24.3 Å². The highest BCUT2D eigenvalue weighted by Gasteiger charge is 2.37. The van der Waals surface area contributed by atoms with E-state index in [-0.39, 0.29) is 24.8 Å². The number of aromatic nitrogens is 2. The predicted molar refractivity (Wildman–Crippen MR) is 123 cm³/mol. The molecule has 0 radical (unpaired) electrons. The third-order valence-electron chi connectivity index (χ3n) is 5.69. The van der Waals surface area contributed by atoms with Crippen molar-refractivity contribution in [3.8, 4) is 28.4 Å². The number of anilines is 2. The van der Waals surface area contributed by atoms with Crippen molar-refractivity contribution >= 4 is 23.3 Å². The van der Waals surface area contributed by atoms with Crippen molar-refractivity contribution in [2.75, 3.05) is 38.1 Å². The molecular weight excluding hydrogens is 440 g/mol. The zero-order valence-corrected chi connectivity index (χ0v) is 18.8. The molecule has 0 saturated heterocycles. The average Bonchev–Trinajstić information content (AvgIpc) is 3.34. The molecule has 2 aliphatic heterocycles. The Morgan fingerprint density at radius 1 is 1.15 bits per heavy atom. The van der Waals surface area contributed by atoms with E-state index in [9.17, 15) is 9.59 Å². The normalized spacial score (nSPS) is 16.1. The van der Waals surface area contributed by atoms with E-state index in [0.717, 1.165) is 16.9 Å². The average molecular weight is 464 g/mol. The number of nitrogens with zero attached hydrogens (tertiary/aromatic N) is 2. The van der Waals surface area contributed by atoms with Crippen molar-refractivity contribution in [1.29, 1.82) is 0 Å². The monoisotopic (exact) mass is 464 g/mol. The molecule has 1 atom stereocenters. The van der Waals surface area contributed by atoms with Crippen LogP contribution in [0.5, 0.6) is 17.2 Å². The number of carbonyl (C=O) groups excluding carboxylic acids is 2. The number of rotatable bonds is 7. The Kier molecular flexibility index (Phi) is 5.81. The molecule has 3 aromatic rings. The number of hydrogen-bond donors (Lipinski definition) is 2. The fourth-order valence-corrected chi connectivity index (χ4v) is 4.12. The summed E-state index contributed by atoms with van der Waals surface area (Å²) in [4.78, 5) is 25.6. The molecule has 0 saturated carbocycles. The Bertz CT molecular complexity index is 1240. The molecule has 176 valence electrons. The van der Waals surface area contributed by atoms with Crippen LogP contribution in [-0.4, -0.2) is 49.0 Å². The number of ether oxygens (including phenoxy) is 4. The minimum absolute atomic E-state index is 0.0799. The molecule has 5 rings (SSSR count). The summed E-state index contributed by atoms with van der Waals surface area (Å²) < 4.78 is 23.2. The van der Waals surface area contributed by atoms with E-state index in [1.54, 1.807) is 37.1 Å². The highest BCUT2D eigenvalue weighted by Crippen LogP contribution is 2.39. The molecule has 2 N–H and O–H groups in total. The van der Waals surface area contributed by atoms with Crippen molar-refractivity contribution < 1.29 is 28.5 Å². The number of carbonyl (C=O) groups is 2. The van der Waals surface area contributed by atoms with Gasteiger partial charge in [-0.15, -0.1) is 0 Å². The van der Waals surface area contributed by atoms with Crippen LogP contribution < -0.4 is 24.8 Å². The van der Waals surface area contributed by atoms with E-state index in [1.165, 1.54) is 0 Å². The molecule has 34 heavy (non-hydrogen) atoms. The van der Waals surface area contributed by atoms with E-state index in [4.69, 9.17) is 18.9 Å². The lowest BCUT2D eigenvalue weighted by molar-refractivity contribution is -0.123. The van der Waals surface area contributed by atoms with Gasteiger partial charge >= 0.3 is 0 Å². The molecular formula is C24H24N4O6. The van der Waals surface area contributed by atoms with E-state index in [0.29, 0.717) is 41.9 Å². The van der Waals surface area contributed by atoms with Crippen molar-refractivity contribution in [3.63, 3.8) is 0 Å². The van der Waals surface area contributed by atoms with Gasteiger partial charge in [-0.25, -0.2) is 4.68 Å². The quantitative estimate of drug-likeness (QED) is 0.553. The Hall–Kier alpha value is -4.05. The van der Waals surface area contributed by atoms with Crippen molar-refractivity contribution in [3.05, 3.63) is 48.2 Å². The van der Waals surface area contributed by atoms with Crippen LogP contribution in [0.3, 0.4) is 0 Å². The lowest BCUT2D eigenvalue weighted by Gasteiger charge is -2.19. The zero-order valence-electron chi connectivity index (χ0n) is 18.8. The van der Waals surface area contributed by atoms with Gasteiger partial charge in [-0.3, -0.25) is 9.59 Å². The second-order valence-corrected chi connectivity index (χ2v) is 7.89. The van der Waals surface area contributed by atoms with Gasteiger partial charge in [-0.2, -0.15) is 5.10 Å². The molecule has 3 heterocycles. The Labute approximate surface area is 195 Å². The Morgan fingerprint density at radius 3 is 2.65 bits per heavy atom. The lowest BCUT2D eigenvalue weighted by Crippen LogP contribution is -2.24. The number of methoxy groups -OCH3 is 2. The maximum atomic E-state index is 12.8. The molecule has 1 aromatic heterocycles. The molecule has 0 bridgehead atoms. The van der Waals surface area contributed by atoms with Gasteiger partial charge < -0.3 is 29.6 Å². The molecule has 10 nitrogen and oxygen atoms in total. The third kappa shape index (κ3) is 4.03. The maximum Gasteiger partial charge on any atom is 0.251 e. The number of amides is 2. The second-order valence-electron chi connectivity index (χ2n) is 7.89. The summed E-state index contributed by atoms with van der Waals surface area (Å²) in [6.45, 7) is 1.20. The van der Waals surface area contributed by atoms with E-state index >= 15 is 0 Å². The van der Waals surface area contributed by atoms with Gasteiger partial charge in [0.05, 0.1) is 25.8 Å². The molecule has 0 fully saturated rings. The SMILES string of the molecule is COCc1nn2c(c1-c1ccc(OC)cc1)NC(=O)C2CC(=O)Nc1ccc2c(c1)OCCO2. The standard InChI is InChI=1S/C24H24N4O6/c1-31-13-17-22(14-3-6-16(32-2)7-4-14)23-26-24(30)18(28(23)27-17)12-21(29)25-15-5-8-19-20(11-15)34-10-9-33-19/h3-8,11,18H,9-10,12-13H2,1-2H3,(H,25,29)(H,26,30). The van der Waals surface area contributed by atoms with Crippen LogP contribution in [0.4, 0.5) is 11.5 Å². The van der Waals surface area contributed by atoms with Gasteiger partial charge in [0.25, 0.3) is 5.91 Å². The second kappa shape index (κ2) is 9.06. The summed E-state index contributed by atoms with van der Waals surface area (Å²) in [5, 5.41) is 10.3. The first kappa shape index (κ1) is 21.8. The van der Waals surface area contributed by atoms with Crippen LogP contribution in [0.15, 0.2) is 42.5 Å². The van der Waals surface area contributed by atoms with Gasteiger partial charge in [-0.05, 0) is 29.8 Å². The predicted octanol–water partition coefficient (Wildman–Crippen LogP) is 3.00. The smallest absolute Gasteiger partial charge is 0.251 e. The summed E-state index contributed by atoms with van der Waals surface area (Å²) in [5.41, 5.74) is 2.84. The van der Waals surface area contributed by atoms with Crippen LogP contribution in [0, 0.1) is 0 Å². The van der Waals surface area contributed by atoms with Crippen molar-refractivity contribution in [2.45, 2.75) is 19.1 Å². The summed E-state index contributed by atoms with van der Waals surface area (Å²) in [6, 6.07) is 11.9. The molecule has 1 unspecified atom stereocenters. The molecule has 0 spiro atoms. The molecule has 0 aliphatic carbocycles. The Balaban J connectivity index is 1.38. The van der Waals surface area contributed by atoms with Crippen LogP contribution in [-0.2, 0) is 20.9 Å².